The standard InChI is InChI=1S/C20H26ClN3O/c21-15-8-9-18-19(13-15)22-14-23(20(18)25)12-10-17-7-3-4-11-24(17)16-5-1-2-6-16/h8-9,13-14,16-17H,1-7,10-12H2/t17-/m1/s1. The second-order valence-electron chi connectivity index (χ2n) is 7.52. The Morgan fingerprint density at radius 2 is 1.92 bits per heavy atom. The van der Waals surface area contributed by atoms with Crippen molar-refractivity contribution in [3.8, 4) is 0 Å². The normalized spacial score (nSPS) is 22.7. The van der Waals surface area contributed by atoms with E-state index < -0.39 is 0 Å². The second kappa shape index (κ2) is 7.46. The third-order valence-corrected chi connectivity index (χ3v) is 6.19. The Balaban J connectivity index is 1.50. The number of piperidine rings is 1. The molecule has 134 valence electrons. The number of aryl methyl sites for hydroxylation is 1. The van der Waals surface area contributed by atoms with Crippen LogP contribution in [0.3, 0.4) is 0 Å². The smallest absolute Gasteiger partial charge is 0.261 e. The van der Waals surface area contributed by atoms with Gasteiger partial charge < -0.3 is 0 Å². The molecule has 1 aliphatic heterocycles. The molecule has 1 aromatic carbocycles. The Kier molecular flexibility index (Phi) is 5.09. The molecule has 5 heteroatoms. The first-order chi connectivity index (χ1) is 12.2. The van der Waals surface area contributed by atoms with Gasteiger partial charge in [-0.1, -0.05) is 30.9 Å². The van der Waals surface area contributed by atoms with Crippen molar-refractivity contribution in [3.63, 3.8) is 0 Å². The van der Waals surface area contributed by atoms with Gasteiger partial charge in [-0.25, -0.2) is 4.98 Å². The van der Waals surface area contributed by atoms with Crippen molar-refractivity contribution in [1.29, 1.82) is 0 Å². The molecule has 1 aromatic heterocycles. The van der Waals surface area contributed by atoms with Crippen molar-refractivity contribution in [1.82, 2.24) is 14.5 Å². The summed E-state index contributed by atoms with van der Waals surface area (Å²) in [5, 5.41) is 1.27. The fourth-order valence-electron chi connectivity index (χ4n) is 4.63. The minimum absolute atomic E-state index is 0.0462. The summed E-state index contributed by atoms with van der Waals surface area (Å²) in [6, 6.07) is 6.70. The van der Waals surface area contributed by atoms with Crippen LogP contribution in [0.2, 0.25) is 5.02 Å². The Hall–Kier alpha value is -1.39. The highest BCUT2D eigenvalue weighted by Gasteiger charge is 2.30. The molecule has 0 bridgehead atoms. The molecule has 2 aliphatic rings. The third-order valence-electron chi connectivity index (χ3n) is 5.96. The molecule has 0 N–H and O–H groups in total. The fourth-order valence-corrected chi connectivity index (χ4v) is 4.79. The van der Waals surface area contributed by atoms with Gasteiger partial charge in [-0.05, 0) is 56.8 Å². The molecule has 1 saturated carbocycles. The van der Waals surface area contributed by atoms with Gasteiger partial charge in [0, 0.05) is 23.7 Å². The van der Waals surface area contributed by atoms with E-state index in [9.17, 15) is 4.79 Å². The van der Waals surface area contributed by atoms with Crippen LogP contribution in [-0.4, -0.2) is 33.1 Å². The monoisotopic (exact) mass is 359 g/mol. The first kappa shape index (κ1) is 17.0. The molecule has 4 rings (SSSR count). The number of aromatic nitrogens is 2. The van der Waals surface area contributed by atoms with E-state index in [2.05, 4.69) is 9.88 Å². The van der Waals surface area contributed by atoms with Crippen LogP contribution in [0.4, 0.5) is 0 Å². The van der Waals surface area contributed by atoms with E-state index in [0.717, 1.165) is 19.0 Å². The summed E-state index contributed by atoms with van der Waals surface area (Å²) in [5.41, 5.74) is 0.726. The number of rotatable bonds is 4. The topological polar surface area (TPSA) is 38.1 Å². The third kappa shape index (κ3) is 3.61. The lowest BCUT2D eigenvalue weighted by Gasteiger charge is -2.40. The summed E-state index contributed by atoms with van der Waals surface area (Å²) in [7, 11) is 0. The number of fused-ring (bicyclic) bond motifs is 1. The number of hydrogen-bond acceptors (Lipinski definition) is 3. The molecule has 4 nitrogen and oxygen atoms in total. The van der Waals surface area contributed by atoms with E-state index >= 15 is 0 Å². The highest BCUT2D eigenvalue weighted by atomic mass is 35.5. The van der Waals surface area contributed by atoms with Gasteiger partial charge in [-0.15, -0.1) is 0 Å². The average Bonchev–Trinajstić information content (AvgIpc) is 3.16. The fraction of sp³-hybridized carbons (Fsp3) is 0.600. The van der Waals surface area contributed by atoms with Gasteiger partial charge in [-0.2, -0.15) is 0 Å². The van der Waals surface area contributed by atoms with E-state index in [1.165, 1.54) is 51.5 Å². The average molecular weight is 360 g/mol. The van der Waals surface area contributed by atoms with Crippen LogP contribution >= 0.6 is 11.6 Å². The van der Waals surface area contributed by atoms with E-state index in [1.807, 2.05) is 0 Å². The largest absolute Gasteiger partial charge is 0.299 e. The summed E-state index contributed by atoms with van der Waals surface area (Å²) in [6.07, 6.45) is 12.1. The van der Waals surface area contributed by atoms with E-state index in [4.69, 9.17) is 11.6 Å². The minimum Gasteiger partial charge on any atom is -0.299 e. The molecular weight excluding hydrogens is 334 g/mol. The van der Waals surface area contributed by atoms with Crippen LogP contribution in [0.5, 0.6) is 0 Å². The number of benzene rings is 1. The Bertz CT molecular complexity index is 797. The first-order valence-corrected chi connectivity index (χ1v) is 10.0. The van der Waals surface area contributed by atoms with E-state index in [0.29, 0.717) is 22.0 Å². The lowest BCUT2D eigenvalue weighted by atomic mass is 9.96. The molecule has 0 amide bonds. The zero-order chi connectivity index (χ0) is 17.2. The van der Waals surface area contributed by atoms with Crippen LogP contribution in [0.25, 0.3) is 10.9 Å². The second-order valence-corrected chi connectivity index (χ2v) is 7.96. The maximum Gasteiger partial charge on any atom is 0.261 e. The molecule has 1 saturated heterocycles. The molecule has 0 unspecified atom stereocenters. The molecule has 0 spiro atoms. The summed E-state index contributed by atoms with van der Waals surface area (Å²) < 4.78 is 1.78. The zero-order valence-corrected chi connectivity index (χ0v) is 15.4. The molecule has 1 aliphatic carbocycles. The van der Waals surface area contributed by atoms with Gasteiger partial charge in [0.15, 0.2) is 0 Å². The van der Waals surface area contributed by atoms with E-state index in [1.54, 1.807) is 29.1 Å². The van der Waals surface area contributed by atoms with Crippen LogP contribution in [0.15, 0.2) is 29.3 Å². The summed E-state index contributed by atoms with van der Waals surface area (Å²) in [6.45, 7) is 1.98. The molecule has 2 fully saturated rings. The maximum absolute atomic E-state index is 12.7. The van der Waals surface area contributed by atoms with Crippen LogP contribution in [-0.2, 0) is 6.54 Å². The lowest BCUT2D eigenvalue weighted by molar-refractivity contribution is 0.0880. The predicted octanol–water partition coefficient (Wildman–Crippen LogP) is 4.24. The van der Waals surface area contributed by atoms with Crippen molar-refractivity contribution in [2.24, 2.45) is 0 Å². The van der Waals surface area contributed by atoms with Gasteiger partial charge in [-0.3, -0.25) is 14.3 Å². The summed E-state index contributed by atoms with van der Waals surface area (Å²) in [4.78, 5) is 19.9. The molecule has 1 atom stereocenters. The highest BCUT2D eigenvalue weighted by Crippen LogP contribution is 2.30. The molecule has 2 heterocycles. The van der Waals surface area contributed by atoms with Gasteiger partial charge in [0.1, 0.15) is 0 Å². The van der Waals surface area contributed by atoms with Crippen molar-refractivity contribution < 1.29 is 0 Å². The van der Waals surface area contributed by atoms with Gasteiger partial charge in [0.25, 0.3) is 5.56 Å². The molecule has 25 heavy (non-hydrogen) atoms. The summed E-state index contributed by atoms with van der Waals surface area (Å²) in [5.74, 6) is 0. The number of likely N-dealkylation sites (tertiary alicyclic amines) is 1. The number of hydrogen-bond donors (Lipinski definition) is 0. The first-order valence-electron chi connectivity index (χ1n) is 9.63. The Morgan fingerprint density at radius 3 is 2.76 bits per heavy atom. The lowest BCUT2D eigenvalue weighted by Crippen LogP contribution is -2.45. The maximum atomic E-state index is 12.7. The molecule has 2 aromatic rings. The number of halogens is 1. The molecular formula is C20H26ClN3O. The predicted molar refractivity (Wildman–Crippen MR) is 102 cm³/mol. The van der Waals surface area contributed by atoms with Crippen LogP contribution in [0.1, 0.15) is 51.4 Å². The van der Waals surface area contributed by atoms with Crippen molar-refractivity contribution in [3.05, 3.63) is 39.9 Å². The van der Waals surface area contributed by atoms with Gasteiger partial charge >= 0.3 is 0 Å². The quantitative estimate of drug-likeness (QED) is 0.819. The SMILES string of the molecule is O=c1c2ccc(Cl)cc2ncn1CC[C@H]1CCCCN1C1CCCC1. The van der Waals surface area contributed by atoms with Gasteiger partial charge in [0.2, 0.25) is 0 Å². The molecule has 0 radical (unpaired) electrons. The Labute approximate surface area is 153 Å². The van der Waals surface area contributed by atoms with Crippen LogP contribution < -0.4 is 5.56 Å². The van der Waals surface area contributed by atoms with Gasteiger partial charge in [0.05, 0.1) is 17.2 Å². The van der Waals surface area contributed by atoms with Crippen LogP contribution in [0, 0.1) is 0 Å². The minimum atomic E-state index is 0.0462. The van der Waals surface area contributed by atoms with E-state index in [-0.39, 0.29) is 5.56 Å². The number of nitrogens with zero attached hydrogens (tertiary/aromatic N) is 3. The summed E-state index contributed by atoms with van der Waals surface area (Å²) >= 11 is 6.00. The zero-order valence-electron chi connectivity index (χ0n) is 14.7. The van der Waals surface area contributed by atoms with Crippen molar-refractivity contribution in [2.45, 2.75) is 70.0 Å². The Morgan fingerprint density at radius 1 is 1.12 bits per heavy atom. The van der Waals surface area contributed by atoms with Crippen molar-refractivity contribution >= 4 is 22.5 Å². The highest BCUT2D eigenvalue weighted by molar-refractivity contribution is 6.31. The van der Waals surface area contributed by atoms with Crippen molar-refractivity contribution in [2.75, 3.05) is 6.54 Å².